The number of nitrogens with two attached hydrogens (primary N) is 1. The minimum atomic E-state index is -0.299. The van der Waals surface area contributed by atoms with Gasteiger partial charge in [0, 0.05) is 6.04 Å². The normalized spacial score (nSPS) is 12.6. The summed E-state index contributed by atoms with van der Waals surface area (Å²) in [5.74, 6) is 1.41. The van der Waals surface area contributed by atoms with Gasteiger partial charge in [0.05, 0.1) is 25.2 Å². The Bertz CT molecular complexity index is 476. The Morgan fingerprint density at radius 3 is 2.60 bits per heavy atom. The van der Waals surface area contributed by atoms with Crippen molar-refractivity contribution in [3.8, 4) is 17.6 Å². The largest absolute Gasteiger partial charge is 0.493 e. The van der Waals surface area contributed by atoms with E-state index in [1.54, 1.807) is 7.11 Å². The molecule has 0 saturated heterocycles. The maximum Gasteiger partial charge on any atom is 0.161 e. The number of nitriles is 1. The fraction of sp³-hybridized carbons (Fsp3) is 0.562. The van der Waals surface area contributed by atoms with Crippen molar-refractivity contribution in [1.29, 1.82) is 5.26 Å². The van der Waals surface area contributed by atoms with Crippen molar-refractivity contribution in [3.05, 3.63) is 23.8 Å². The summed E-state index contributed by atoms with van der Waals surface area (Å²) in [6.45, 7) is 6.37. The molecular formula is C16H24N2O2. The average Bonchev–Trinajstić information content (AvgIpc) is 2.43. The molecule has 0 radical (unpaired) electrons. The first kappa shape index (κ1) is 16.3. The van der Waals surface area contributed by atoms with E-state index in [-0.39, 0.29) is 11.5 Å². The third-order valence-corrected chi connectivity index (χ3v) is 3.22. The quantitative estimate of drug-likeness (QED) is 0.775. The van der Waals surface area contributed by atoms with Crippen molar-refractivity contribution in [3.63, 3.8) is 0 Å². The van der Waals surface area contributed by atoms with E-state index in [0.717, 1.165) is 18.4 Å². The van der Waals surface area contributed by atoms with Crippen molar-refractivity contribution in [1.82, 2.24) is 0 Å². The molecule has 1 aromatic rings. The minimum absolute atomic E-state index is 0.0330. The Labute approximate surface area is 121 Å². The molecule has 1 unspecified atom stereocenters. The topological polar surface area (TPSA) is 68.3 Å². The highest BCUT2D eigenvalue weighted by Crippen LogP contribution is 2.30. The first-order valence-electron chi connectivity index (χ1n) is 6.87. The summed E-state index contributed by atoms with van der Waals surface area (Å²) in [5.41, 5.74) is 6.56. The van der Waals surface area contributed by atoms with Crippen LogP contribution in [0.3, 0.4) is 0 Å². The van der Waals surface area contributed by atoms with Crippen molar-refractivity contribution in [2.24, 2.45) is 11.1 Å². The van der Waals surface area contributed by atoms with E-state index >= 15 is 0 Å². The van der Waals surface area contributed by atoms with E-state index in [2.05, 4.69) is 6.07 Å². The molecule has 1 atom stereocenters. The third-order valence-electron chi connectivity index (χ3n) is 3.22. The molecular weight excluding hydrogens is 252 g/mol. The van der Waals surface area contributed by atoms with Gasteiger partial charge < -0.3 is 15.2 Å². The van der Waals surface area contributed by atoms with Gasteiger partial charge in [-0.25, -0.2) is 0 Å². The number of hydrogen-bond acceptors (Lipinski definition) is 4. The fourth-order valence-corrected chi connectivity index (χ4v) is 1.84. The van der Waals surface area contributed by atoms with E-state index in [0.29, 0.717) is 18.1 Å². The molecule has 4 heteroatoms. The maximum absolute atomic E-state index is 8.95. The Kier molecular flexibility index (Phi) is 5.84. The van der Waals surface area contributed by atoms with Crippen LogP contribution in [-0.2, 0) is 0 Å². The fourth-order valence-electron chi connectivity index (χ4n) is 1.84. The van der Waals surface area contributed by atoms with Gasteiger partial charge in [-0.3, -0.25) is 0 Å². The molecule has 1 rings (SSSR count). The monoisotopic (exact) mass is 276 g/mol. The van der Waals surface area contributed by atoms with Gasteiger partial charge in [-0.15, -0.1) is 0 Å². The van der Waals surface area contributed by atoms with Crippen LogP contribution in [-0.4, -0.2) is 13.7 Å². The molecule has 0 aliphatic heterocycles. The second kappa shape index (κ2) is 7.16. The average molecular weight is 276 g/mol. The van der Waals surface area contributed by atoms with Crippen LogP contribution in [0.15, 0.2) is 18.2 Å². The Morgan fingerprint density at radius 2 is 2.05 bits per heavy atom. The van der Waals surface area contributed by atoms with Gasteiger partial charge in [0.1, 0.15) is 0 Å². The maximum atomic E-state index is 8.95. The van der Waals surface area contributed by atoms with E-state index in [1.807, 2.05) is 39.0 Å². The second-order valence-electron chi connectivity index (χ2n) is 5.65. The van der Waals surface area contributed by atoms with Crippen LogP contribution in [0.5, 0.6) is 11.5 Å². The smallest absolute Gasteiger partial charge is 0.161 e. The van der Waals surface area contributed by atoms with Crippen LogP contribution in [0.4, 0.5) is 0 Å². The third kappa shape index (κ3) is 4.75. The zero-order chi connectivity index (χ0) is 15.2. The van der Waals surface area contributed by atoms with Crippen molar-refractivity contribution >= 4 is 0 Å². The van der Waals surface area contributed by atoms with Crippen molar-refractivity contribution in [2.45, 2.75) is 39.7 Å². The zero-order valence-electron chi connectivity index (χ0n) is 12.8. The standard InChI is InChI=1S/C16H24N2O2/c1-12(18)13-6-7-14(15(10-13)19-4)20-9-5-8-16(2,3)11-17/h6-7,10,12H,5,8-9,18H2,1-4H3. The first-order chi connectivity index (χ1) is 9.39. The predicted octanol–water partition coefficient (Wildman–Crippen LogP) is 3.42. The molecule has 0 amide bonds. The zero-order valence-corrected chi connectivity index (χ0v) is 12.8. The van der Waals surface area contributed by atoms with E-state index < -0.39 is 0 Å². The lowest BCUT2D eigenvalue weighted by Crippen LogP contribution is -2.10. The summed E-state index contributed by atoms with van der Waals surface area (Å²) in [7, 11) is 1.62. The number of benzene rings is 1. The lowest BCUT2D eigenvalue weighted by Gasteiger charge is -2.16. The number of rotatable bonds is 7. The molecule has 0 spiro atoms. The molecule has 2 N–H and O–H groups in total. The summed E-state index contributed by atoms with van der Waals surface area (Å²) < 4.78 is 11.0. The molecule has 110 valence electrons. The van der Waals surface area contributed by atoms with Crippen LogP contribution < -0.4 is 15.2 Å². The van der Waals surface area contributed by atoms with Crippen LogP contribution in [0.1, 0.15) is 45.2 Å². The summed E-state index contributed by atoms with van der Waals surface area (Å²) in [6, 6.07) is 7.99. The molecule has 0 bridgehead atoms. The SMILES string of the molecule is COc1cc(C(C)N)ccc1OCCCC(C)(C)C#N. The molecule has 0 fully saturated rings. The Morgan fingerprint density at radius 1 is 1.35 bits per heavy atom. The van der Waals surface area contributed by atoms with Gasteiger partial charge in [0.15, 0.2) is 11.5 Å². The van der Waals surface area contributed by atoms with Crippen molar-refractivity contribution in [2.75, 3.05) is 13.7 Å². The Hall–Kier alpha value is -1.73. The van der Waals surface area contributed by atoms with Crippen LogP contribution in [0.25, 0.3) is 0 Å². The number of hydrogen-bond donors (Lipinski definition) is 1. The summed E-state index contributed by atoms with van der Waals surface area (Å²) in [5, 5.41) is 8.95. The summed E-state index contributed by atoms with van der Waals surface area (Å²) >= 11 is 0. The van der Waals surface area contributed by atoms with Gasteiger partial charge in [-0.05, 0) is 51.3 Å². The van der Waals surface area contributed by atoms with E-state index in [4.69, 9.17) is 20.5 Å². The highest BCUT2D eigenvalue weighted by Gasteiger charge is 2.16. The minimum Gasteiger partial charge on any atom is -0.493 e. The van der Waals surface area contributed by atoms with Gasteiger partial charge in [-0.2, -0.15) is 5.26 Å². The van der Waals surface area contributed by atoms with Crippen LogP contribution >= 0.6 is 0 Å². The first-order valence-corrected chi connectivity index (χ1v) is 6.87. The lowest BCUT2D eigenvalue weighted by molar-refractivity contribution is 0.269. The molecule has 4 nitrogen and oxygen atoms in total. The highest BCUT2D eigenvalue weighted by atomic mass is 16.5. The summed E-state index contributed by atoms with van der Waals surface area (Å²) in [4.78, 5) is 0. The van der Waals surface area contributed by atoms with Crippen LogP contribution in [0.2, 0.25) is 0 Å². The highest BCUT2D eigenvalue weighted by molar-refractivity contribution is 5.43. The summed E-state index contributed by atoms with van der Waals surface area (Å²) in [6.07, 6.45) is 1.64. The molecule has 1 aromatic carbocycles. The molecule has 0 heterocycles. The van der Waals surface area contributed by atoms with E-state index in [9.17, 15) is 0 Å². The molecule has 0 aliphatic rings. The number of ether oxygens (including phenoxy) is 2. The van der Waals surface area contributed by atoms with Gasteiger partial charge in [0.2, 0.25) is 0 Å². The van der Waals surface area contributed by atoms with Crippen LogP contribution in [0, 0.1) is 16.7 Å². The number of methoxy groups -OCH3 is 1. The van der Waals surface area contributed by atoms with Gasteiger partial charge in [0.25, 0.3) is 0 Å². The molecule has 20 heavy (non-hydrogen) atoms. The Balaban J connectivity index is 2.58. The molecule has 0 aromatic heterocycles. The van der Waals surface area contributed by atoms with Gasteiger partial charge >= 0.3 is 0 Å². The molecule has 0 saturated carbocycles. The number of nitrogens with zero attached hydrogens (tertiary/aromatic N) is 1. The molecule has 0 aliphatic carbocycles. The lowest BCUT2D eigenvalue weighted by atomic mass is 9.90. The predicted molar refractivity (Wildman–Crippen MR) is 79.7 cm³/mol. The van der Waals surface area contributed by atoms with Gasteiger partial charge in [-0.1, -0.05) is 6.07 Å². The second-order valence-corrected chi connectivity index (χ2v) is 5.65. The van der Waals surface area contributed by atoms with E-state index in [1.165, 1.54) is 0 Å². The van der Waals surface area contributed by atoms with Crippen molar-refractivity contribution < 1.29 is 9.47 Å².